The summed E-state index contributed by atoms with van der Waals surface area (Å²) in [6.45, 7) is 3.33. The Labute approximate surface area is 163 Å². The van der Waals surface area contributed by atoms with Gasteiger partial charge in [0.15, 0.2) is 6.10 Å². The van der Waals surface area contributed by atoms with Gasteiger partial charge in [-0.25, -0.2) is 17.9 Å². The third kappa shape index (κ3) is 5.39. The maximum atomic E-state index is 12.2. The molecule has 2 aromatic carbocycles. The molecule has 2 rings (SSSR count). The first-order chi connectivity index (χ1) is 13.3. The van der Waals surface area contributed by atoms with Gasteiger partial charge in [-0.2, -0.15) is 5.26 Å². The van der Waals surface area contributed by atoms with E-state index in [0.717, 1.165) is 0 Å². The number of hydrogen-bond acceptors (Lipinski definition) is 6. The van der Waals surface area contributed by atoms with E-state index in [1.807, 2.05) is 6.07 Å². The summed E-state index contributed by atoms with van der Waals surface area (Å²) >= 11 is 0. The lowest BCUT2D eigenvalue weighted by Crippen LogP contribution is -2.30. The van der Waals surface area contributed by atoms with Crippen molar-refractivity contribution < 1.29 is 22.7 Å². The van der Waals surface area contributed by atoms with E-state index in [-0.39, 0.29) is 17.0 Å². The first kappa shape index (κ1) is 21.1. The van der Waals surface area contributed by atoms with Crippen LogP contribution in [0.4, 0.5) is 5.69 Å². The lowest BCUT2D eigenvalue weighted by Gasteiger charge is -2.14. The monoisotopic (exact) mass is 401 g/mol. The Morgan fingerprint density at radius 2 is 1.71 bits per heavy atom. The van der Waals surface area contributed by atoms with E-state index in [1.165, 1.54) is 31.2 Å². The average molecular weight is 401 g/mol. The number of benzene rings is 2. The Morgan fingerprint density at radius 3 is 2.25 bits per heavy atom. The van der Waals surface area contributed by atoms with Gasteiger partial charge >= 0.3 is 5.97 Å². The summed E-state index contributed by atoms with van der Waals surface area (Å²) in [5.74, 6) is -1.29. The van der Waals surface area contributed by atoms with Crippen molar-refractivity contribution in [1.29, 1.82) is 5.26 Å². The second-order valence-electron chi connectivity index (χ2n) is 5.75. The quantitative estimate of drug-likeness (QED) is 0.684. The maximum absolute atomic E-state index is 12.2. The zero-order valence-corrected chi connectivity index (χ0v) is 16.1. The van der Waals surface area contributed by atoms with Gasteiger partial charge in [0, 0.05) is 12.2 Å². The zero-order valence-electron chi connectivity index (χ0n) is 15.3. The van der Waals surface area contributed by atoms with Crippen LogP contribution in [-0.2, 0) is 19.6 Å². The number of carbonyl (C=O) groups excluding carboxylic acids is 2. The number of amides is 1. The molecule has 0 heterocycles. The van der Waals surface area contributed by atoms with Crippen molar-refractivity contribution in [2.75, 3.05) is 11.9 Å². The molecule has 0 aliphatic rings. The highest BCUT2D eigenvalue weighted by molar-refractivity contribution is 7.89. The molecule has 0 aromatic heterocycles. The third-order valence-electron chi connectivity index (χ3n) is 3.67. The molecule has 2 aromatic rings. The molecule has 0 aliphatic carbocycles. The molecule has 146 valence electrons. The average Bonchev–Trinajstić information content (AvgIpc) is 2.68. The van der Waals surface area contributed by atoms with Crippen LogP contribution in [-0.4, -0.2) is 32.9 Å². The van der Waals surface area contributed by atoms with E-state index < -0.39 is 28.0 Å². The molecule has 0 saturated carbocycles. The Hall–Kier alpha value is -3.22. The number of esters is 1. The molecule has 0 unspecified atom stereocenters. The summed E-state index contributed by atoms with van der Waals surface area (Å²) in [7, 11) is -3.62. The Kier molecular flexibility index (Phi) is 6.87. The number of nitrogens with one attached hydrogen (secondary N) is 2. The molecule has 9 heteroatoms. The van der Waals surface area contributed by atoms with Gasteiger partial charge in [-0.3, -0.25) is 4.79 Å². The van der Waals surface area contributed by atoms with Crippen molar-refractivity contribution in [2.45, 2.75) is 24.8 Å². The standard InChI is InChI=1S/C19H19N3O5S/c1-3-21-28(25,26)17-10-6-15(7-11-17)19(24)27-13(2)18(23)22-16-8-4-14(12-20)5-9-16/h4-11,13,21H,3H2,1-2H3,(H,22,23)/t13-/m1/s1. The van der Waals surface area contributed by atoms with E-state index in [0.29, 0.717) is 11.3 Å². The van der Waals surface area contributed by atoms with Gasteiger partial charge in [0.2, 0.25) is 10.0 Å². The molecule has 0 aliphatic heterocycles. The molecular weight excluding hydrogens is 382 g/mol. The van der Waals surface area contributed by atoms with Gasteiger partial charge < -0.3 is 10.1 Å². The number of anilines is 1. The molecule has 0 fully saturated rings. The molecule has 1 amide bonds. The first-order valence-corrected chi connectivity index (χ1v) is 9.87. The van der Waals surface area contributed by atoms with Crippen LogP contribution >= 0.6 is 0 Å². The Morgan fingerprint density at radius 1 is 1.11 bits per heavy atom. The molecule has 28 heavy (non-hydrogen) atoms. The summed E-state index contributed by atoms with van der Waals surface area (Å²) in [5, 5.41) is 11.3. The van der Waals surface area contributed by atoms with Crippen LogP contribution in [0.5, 0.6) is 0 Å². The second-order valence-corrected chi connectivity index (χ2v) is 7.52. The molecule has 0 spiro atoms. The number of ether oxygens (including phenoxy) is 1. The Bertz CT molecular complexity index is 993. The van der Waals surface area contributed by atoms with Gasteiger partial charge in [0.05, 0.1) is 22.1 Å². The highest BCUT2D eigenvalue weighted by Gasteiger charge is 2.20. The topological polar surface area (TPSA) is 125 Å². The maximum Gasteiger partial charge on any atom is 0.338 e. The second kappa shape index (κ2) is 9.12. The van der Waals surface area contributed by atoms with E-state index >= 15 is 0 Å². The Balaban J connectivity index is 1.99. The number of hydrogen-bond donors (Lipinski definition) is 2. The first-order valence-electron chi connectivity index (χ1n) is 8.38. The molecule has 0 radical (unpaired) electrons. The van der Waals surface area contributed by atoms with Crippen LogP contribution in [0.3, 0.4) is 0 Å². The van der Waals surface area contributed by atoms with Gasteiger partial charge in [0.1, 0.15) is 0 Å². The summed E-state index contributed by atoms with van der Waals surface area (Å²) in [5.41, 5.74) is 1.04. The molecule has 8 nitrogen and oxygen atoms in total. The smallest absolute Gasteiger partial charge is 0.338 e. The van der Waals surface area contributed by atoms with Crippen LogP contribution in [0.2, 0.25) is 0 Å². The molecule has 2 N–H and O–H groups in total. The van der Waals surface area contributed by atoms with Gasteiger partial charge in [0.25, 0.3) is 5.91 Å². The largest absolute Gasteiger partial charge is 0.449 e. The minimum absolute atomic E-state index is 0.0255. The van der Waals surface area contributed by atoms with Gasteiger partial charge in [-0.1, -0.05) is 6.92 Å². The molecule has 1 atom stereocenters. The van der Waals surface area contributed by atoms with Gasteiger partial charge in [-0.15, -0.1) is 0 Å². The van der Waals surface area contributed by atoms with Crippen molar-refractivity contribution in [1.82, 2.24) is 4.72 Å². The van der Waals surface area contributed by atoms with Crippen LogP contribution in [0.25, 0.3) is 0 Å². The number of rotatable bonds is 7. The van der Waals surface area contributed by atoms with Crippen molar-refractivity contribution in [3.05, 3.63) is 59.7 Å². The third-order valence-corrected chi connectivity index (χ3v) is 5.23. The number of nitriles is 1. The van der Waals surface area contributed by atoms with Crippen LogP contribution in [0.1, 0.15) is 29.8 Å². The summed E-state index contributed by atoms with van der Waals surface area (Å²) in [6, 6.07) is 13.4. The van der Waals surface area contributed by atoms with E-state index in [9.17, 15) is 18.0 Å². The molecule has 0 bridgehead atoms. The lowest BCUT2D eigenvalue weighted by molar-refractivity contribution is -0.123. The van der Waals surface area contributed by atoms with Crippen molar-refractivity contribution >= 4 is 27.6 Å². The van der Waals surface area contributed by atoms with Crippen molar-refractivity contribution in [3.8, 4) is 6.07 Å². The number of carbonyl (C=O) groups is 2. The van der Waals surface area contributed by atoms with Crippen molar-refractivity contribution in [2.24, 2.45) is 0 Å². The highest BCUT2D eigenvalue weighted by atomic mass is 32.2. The fourth-order valence-electron chi connectivity index (χ4n) is 2.20. The van der Waals surface area contributed by atoms with Gasteiger partial charge in [-0.05, 0) is 55.5 Å². The minimum atomic E-state index is -3.62. The lowest BCUT2D eigenvalue weighted by atomic mass is 10.2. The highest BCUT2D eigenvalue weighted by Crippen LogP contribution is 2.13. The molecule has 0 saturated heterocycles. The fraction of sp³-hybridized carbons (Fsp3) is 0.211. The molecular formula is C19H19N3O5S. The van der Waals surface area contributed by atoms with E-state index in [4.69, 9.17) is 10.00 Å². The summed E-state index contributed by atoms with van der Waals surface area (Å²) in [4.78, 5) is 24.4. The summed E-state index contributed by atoms with van der Waals surface area (Å²) < 4.78 is 31.3. The predicted octanol–water partition coefficient (Wildman–Crippen LogP) is 2.04. The van der Waals surface area contributed by atoms with Crippen LogP contribution < -0.4 is 10.0 Å². The van der Waals surface area contributed by atoms with Crippen LogP contribution in [0, 0.1) is 11.3 Å². The minimum Gasteiger partial charge on any atom is -0.449 e. The van der Waals surface area contributed by atoms with Crippen molar-refractivity contribution in [3.63, 3.8) is 0 Å². The van der Waals surface area contributed by atoms with E-state index in [1.54, 1.807) is 31.2 Å². The van der Waals surface area contributed by atoms with E-state index in [2.05, 4.69) is 10.0 Å². The summed E-state index contributed by atoms with van der Waals surface area (Å²) in [6.07, 6.45) is -1.08. The predicted molar refractivity (Wildman–Crippen MR) is 102 cm³/mol. The zero-order chi connectivity index (χ0) is 20.7. The van der Waals surface area contributed by atoms with Crippen LogP contribution in [0.15, 0.2) is 53.4 Å². The number of nitrogens with zero attached hydrogens (tertiary/aromatic N) is 1. The fourth-order valence-corrected chi connectivity index (χ4v) is 3.24. The number of sulfonamides is 1. The normalized spacial score (nSPS) is 11.9. The SMILES string of the molecule is CCNS(=O)(=O)c1ccc(C(=O)O[C@H](C)C(=O)Nc2ccc(C#N)cc2)cc1.